The standard InChI is InChI=1S/C31H28NTe.C17H15N2.CH3.Ir/c1-20(2)26-18-24(22-12-7-5-8-13-22)19-27(21(3)4)29(26)25-16-11-17-28-30(25)33-31(32-28)23-14-9-6-10-15-23;1-13-7-6-8-14(2)16(13)19-12-11-18-17(19)15-9-4-3-5-10-15;;/h5-14,16-21H,1-4H3;3-9,11-12H,1-2H3;1H3;/q3*-1;+3. The van der Waals surface area contributed by atoms with Gasteiger partial charge in [0, 0.05) is 18.1 Å². The molecule has 0 atom stereocenters. The first kappa shape index (κ1) is 40.8. The van der Waals surface area contributed by atoms with Crippen molar-refractivity contribution in [2.75, 3.05) is 0 Å². The van der Waals surface area contributed by atoms with E-state index in [0.29, 0.717) is 11.8 Å². The van der Waals surface area contributed by atoms with Crippen LogP contribution in [0, 0.1) is 33.4 Å². The minimum absolute atomic E-state index is 0. The smallest absolute Gasteiger partial charge is 0.358 e. The van der Waals surface area contributed by atoms with Crippen molar-refractivity contribution >= 4 is 29.3 Å². The van der Waals surface area contributed by atoms with Crippen molar-refractivity contribution in [3.8, 4) is 48.6 Å². The minimum Gasteiger partial charge on any atom is -0.358 e. The molecule has 54 heavy (non-hydrogen) atoms. The van der Waals surface area contributed by atoms with Crippen LogP contribution in [0.3, 0.4) is 0 Å². The van der Waals surface area contributed by atoms with Crippen molar-refractivity contribution in [1.82, 2.24) is 14.5 Å². The molecule has 5 heteroatoms. The summed E-state index contributed by atoms with van der Waals surface area (Å²) in [5.41, 5.74) is 15.3. The summed E-state index contributed by atoms with van der Waals surface area (Å²) < 4.78 is 4.84. The van der Waals surface area contributed by atoms with E-state index in [0.717, 1.165) is 22.5 Å². The molecular formula is C49H46IrN3Te. The average Bonchev–Trinajstić information content (AvgIpc) is 3.84. The number of aryl methyl sites for hydroxylation is 2. The Balaban J connectivity index is 0.000000228. The van der Waals surface area contributed by atoms with E-state index in [1.54, 1.807) is 0 Å². The van der Waals surface area contributed by atoms with Gasteiger partial charge in [0.15, 0.2) is 0 Å². The maximum Gasteiger partial charge on any atom is 3.00 e. The van der Waals surface area contributed by atoms with Crippen molar-refractivity contribution in [2.45, 2.75) is 53.4 Å². The molecule has 6 aromatic carbocycles. The van der Waals surface area contributed by atoms with E-state index >= 15 is 0 Å². The molecule has 2 heterocycles. The number of aromatic nitrogens is 3. The van der Waals surface area contributed by atoms with Gasteiger partial charge in [0.2, 0.25) is 0 Å². The molecule has 0 fully saturated rings. The first-order valence-corrected chi connectivity index (χ1v) is 20.3. The van der Waals surface area contributed by atoms with Gasteiger partial charge < -0.3 is 12.0 Å². The zero-order valence-corrected chi connectivity index (χ0v) is 36.7. The quantitative estimate of drug-likeness (QED) is 0.118. The normalized spacial score (nSPS) is 10.8. The molecule has 272 valence electrons. The van der Waals surface area contributed by atoms with Crippen LogP contribution in [-0.4, -0.2) is 35.0 Å². The molecule has 0 bridgehead atoms. The van der Waals surface area contributed by atoms with E-state index in [1.807, 2.05) is 48.8 Å². The topological polar surface area (TPSA) is 30.7 Å². The molecule has 3 nitrogen and oxygen atoms in total. The van der Waals surface area contributed by atoms with Crippen molar-refractivity contribution in [3.05, 3.63) is 182 Å². The molecule has 0 amide bonds. The SMILES string of the molecule is CC(C)c1cc(-c2ccccc2)cc(C(C)C)c1-c1cccc2nc(-c3[c-]cccc3)[te]c12.Cc1cccc(C)c1-n1ccnc1-c1[c-]cccc1.[CH3-].[Ir+3]. The molecule has 0 radical (unpaired) electrons. The fourth-order valence-corrected chi connectivity index (χ4v) is 9.96. The molecule has 8 rings (SSSR count). The number of hydrogen-bond acceptors (Lipinski definition) is 2. The fraction of sp³-hybridized carbons (Fsp3) is 0.163. The Labute approximate surface area is 345 Å². The second kappa shape index (κ2) is 18.3. The van der Waals surface area contributed by atoms with Crippen LogP contribution in [0.15, 0.2) is 140 Å². The van der Waals surface area contributed by atoms with Gasteiger partial charge in [-0.05, 0) is 25.0 Å². The zero-order valence-electron chi connectivity index (χ0n) is 32.0. The number of para-hydroxylation sites is 1. The van der Waals surface area contributed by atoms with Crippen LogP contribution < -0.4 is 0 Å². The Bertz CT molecular complexity index is 2380. The molecule has 0 aliphatic heterocycles. The molecule has 0 aliphatic rings. The number of nitrogens with zero attached hydrogens (tertiary/aromatic N) is 3. The average molecular weight is 997 g/mol. The zero-order chi connectivity index (χ0) is 36.2. The van der Waals surface area contributed by atoms with Crippen LogP contribution >= 0.6 is 0 Å². The first-order valence-electron chi connectivity index (χ1n) is 18.0. The van der Waals surface area contributed by atoms with Gasteiger partial charge in [0.05, 0.1) is 5.82 Å². The van der Waals surface area contributed by atoms with E-state index in [1.165, 1.54) is 57.3 Å². The number of imidazole rings is 1. The third-order valence-corrected chi connectivity index (χ3v) is 12.7. The fourth-order valence-electron chi connectivity index (χ4n) is 6.90. The summed E-state index contributed by atoms with van der Waals surface area (Å²) in [5, 5.41) is 0. The van der Waals surface area contributed by atoms with Crippen LogP contribution in [0.4, 0.5) is 0 Å². The van der Waals surface area contributed by atoms with E-state index in [2.05, 4.69) is 154 Å². The Morgan fingerprint density at radius 2 is 1.24 bits per heavy atom. The molecule has 0 unspecified atom stereocenters. The summed E-state index contributed by atoms with van der Waals surface area (Å²) in [6, 6.07) is 51.4. The predicted octanol–water partition coefficient (Wildman–Crippen LogP) is 12.7. The minimum atomic E-state index is -0.590. The molecule has 0 aliphatic carbocycles. The molecule has 2 aromatic heterocycles. The number of rotatable bonds is 7. The van der Waals surface area contributed by atoms with E-state index < -0.39 is 20.4 Å². The van der Waals surface area contributed by atoms with Gasteiger partial charge in [-0.1, -0.05) is 18.2 Å². The van der Waals surface area contributed by atoms with Crippen LogP contribution in [0.1, 0.15) is 61.8 Å². The molecule has 0 N–H and O–H groups in total. The van der Waals surface area contributed by atoms with Gasteiger partial charge in [-0.15, -0.1) is 35.9 Å². The monoisotopic (exact) mass is 999 g/mol. The van der Waals surface area contributed by atoms with Crippen molar-refractivity contribution in [1.29, 1.82) is 0 Å². The third-order valence-electron chi connectivity index (χ3n) is 9.45. The molecule has 0 saturated carbocycles. The van der Waals surface area contributed by atoms with E-state index in [9.17, 15) is 0 Å². The number of hydrogen-bond donors (Lipinski definition) is 0. The van der Waals surface area contributed by atoms with Gasteiger partial charge in [-0.3, -0.25) is 4.98 Å². The summed E-state index contributed by atoms with van der Waals surface area (Å²) >= 11 is -0.590. The Hall–Kier alpha value is -4.36. The molecule has 0 saturated heterocycles. The van der Waals surface area contributed by atoms with Crippen molar-refractivity contribution in [2.24, 2.45) is 0 Å². The molecule has 0 spiro atoms. The number of fused-ring (bicyclic) bond motifs is 1. The van der Waals surface area contributed by atoms with Crippen LogP contribution in [0.2, 0.25) is 0 Å². The summed E-state index contributed by atoms with van der Waals surface area (Å²) in [6.45, 7) is 13.5. The Morgan fingerprint density at radius 3 is 1.83 bits per heavy atom. The van der Waals surface area contributed by atoms with Crippen molar-refractivity contribution in [3.63, 3.8) is 0 Å². The second-order valence-electron chi connectivity index (χ2n) is 13.8. The summed E-state index contributed by atoms with van der Waals surface area (Å²) in [7, 11) is 0. The Morgan fingerprint density at radius 1 is 0.648 bits per heavy atom. The third kappa shape index (κ3) is 8.62. The largest absolute Gasteiger partial charge is 3.00 e. The molecule has 8 aromatic rings. The van der Waals surface area contributed by atoms with Crippen LogP contribution in [-0.2, 0) is 20.1 Å². The molecular weight excluding hydrogens is 950 g/mol. The number of benzene rings is 6. The van der Waals surface area contributed by atoms with Crippen LogP contribution in [0.25, 0.3) is 57.5 Å². The van der Waals surface area contributed by atoms with Gasteiger partial charge in [-0.2, -0.15) is 0 Å². The second-order valence-corrected chi connectivity index (χ2v) is 16.6. The van der Waals surface area contributed by atoms with Gasteiger partial charge >= 0.3 is 228 Å². The summed E-state index contributed by atoms with van der Waals surface area (Å²) in [5.74, 6) is 1.79. The van der Waals surface area contributed by atoms with Gasteiger partial charge in [0.1, 0.15) is 0 Å². The van der Waals surface area contributed by atoms with Gasteiger partial charge in [-0.25, -0.2) is 0 Å². The van der Waals surface area contributed by atoms with Crippen molar-refractivity contribution < 1.29 is 20.1 Å². The van der Waals surface area contributed by atoms with E-state index in [-0.39, 0.29) is 27.5 Å². The first-order chi connectivity index (χ1) is 25.3. The summed E-state index contributed by atoms with van der Waals surface area (Å²) in [6.07, 6.45) is 3.84. The van der Waals surface area contributed by atoms with Crippen LogP contribution in [0.5, 0.6) is 0 Å². The van der Waals surface area contributed by atoms with E-state index in [4.69, 9.17) is 4.98 Å². The Kier molecular flexibility index (Phi) is 13.8. The maximum atomic E-state index is 5.07. The maximum absolute atomic E-state index is 5.07. The van der Waals surface area contributed by atoms with Gasteiger partial charge in [0.25, 0.3) is 0 Å². The predicted molar refractivity (Wildman–Crippen MR) is 226 cm³/mol. The summed E-state index contributed by atoms with van der Waals surface area (Å²) in [4.78, 5) is 9.54.